The Bertz CT molecular complexity index is 494. The van der Waals surface area contributed by atoms with E-state index in [0.29, 0.717) is 12.2 Å². The molecular weight excluding hydrogens is 212 g/mol. The highest BCUT2D eigenvalue weighted by molar-refractivity contribution is 5.81. The number of benzene rings is 1. The Labute approximate surface area is 101 Å². The van der Waals surface area contributed by atoms with E-state index in [1.165, 1.54) is 0 Å². The third-order valence-corrected chi connectivity index (χ3v) is 2.74. The maximum Gasteiger partial charge on any atom is 0.150 e. The van der Waals surface area contributed by atoms with Crippen molar-refractivity contribution in [3.05, 3.63) is 66.3 Å². The second-order valence-corrected chi connectivity index (χ2v) is 3.85. The molecule has 1 heterocycles. The molecule has 1 aliphatic rings. The van der Waals surface area contributed by atoms with Gasteiger partial charge in [-0.05, 0) is 22.8 Å². The highest BCUT2D eigenvalue weighted by atomic mass is 16.6. The first kappa shape index (κ1) is 11.6. The van der Waals surface area contributed by atoms with E-state index in [1.807, 2.05) is 24.3 Å². The molecule has 2 rings (SSSR count). The Morgan fingerprint density at radius 2 is 2.18 bits per heavy atom. The van der Waals surface area contributed by atoms with Crippen molar-refractivity contribution >= 4 is 11.9 Å². The van der Waals surface area contributed by atoms with E-state index < -0.39 is 0 Å². The second-order valence-electron chi connectivity index (χ2n) is 3.85. The van der Waals surface area contributed by atoms with Gasteiger partial charge in [-0.3, -0.25) is 4.79 Å². The van der Waals surface area contributed by atoms with Crippen LogP contribution >= 0.6 is 0 Å². The topological polar surface area (TPSA) is 29.6 Å². The molecule has 17 heavy (non-hydrogen) atoms. The normalized spacial score (nSPS) is 18.6. The van der Waals surface area contributed by atoms with E-state index in [4.69, 9.17) is 4.74 Å². The molecule has 86 valence electrons. The first-order valence-electron chi connectivity index (χ1n) is 5.46. The first-order valence-corrected chi connectivity index (χ1v) is 5.46. The molecule has 0 aliphatic carbocycles. The number of ether oxygens (including phenoxy) is 1. The summed E-state index contributed by atoms with van der Waals surface area (Å²) in [7, 11) is 0. The molecule has 1 aliphatic heterocycles. The largest absolute Gasteiger partial charge is 0.368 e. The Hall–Kier alpha value is -1.93. The molecule has 1 atom stereocenters. The molecule has 0 bridgehead atoms. The van der Waals surface area contributed by atoms with Crippen molar-refractivity contribution in [2.45, 2.75) is 6.10 Å². The van der Waals surface area contributed by atoms with Crippen LogP contribution in [-0.2, 0) is 4.74 Å². The lowest BCUT2D eigenvalue weighted by molar-refractivity contribution is 0.112. The Balaban J connectivity index is 2.45. The number of allylic oxidation sites excluding steroid dienone is 4. The van der Waals surface area contributed by atoms with Crippen molar-refractivity contribution in [3.8, 4) is 0 Å². The van der Waals surface area contributed by atoms with Crippen LogP contribution in [0.3, 0.4) is 0 Å². The van der Waals surface area contributed by atoms with Gasteiger partial charge in [0.25, 0.3) is 0 Å². The van der Waals surface area contributed by atoms with Gasteiger partial charge < -0.3 is 4.74 Å². The predicted molar refractivity (Wildman–Crippen MR) is 68.9 cm³/mol. The van der Waals surface area contributed by atoms with E-state index in [0.717, 1.165) is 23.0 Å². The Morgan fingerprint density at radius 3 is 2.71 bits per heavy atom. The summed E-state index contributed by atoms with van der Waals surface area (Å²) in [6, 6.07) is 5.71. The number of carbonyl (C=O) groups is 1. The summed E-state index contributed by atoms with van der Waals surface area (Å²) in [6.07, 6.45) is 6.32. The van der Waals surface area contributed by atoms with Crippen LogP contribution in [0.4, 0.5) is 0 Å². The fourth-order valence-corrected chi connectivity index (χ4v) is 1.78. The summed E-state index contributed by atoms with van der Waals surface area (Å²) in [5.74, 6) is 0. The van der Waals surface area contributed by atoms with Gasteiger partial charge in [0.15, 0.2) is 0 Å². The quantitative estimate of drug-likeness (QED) is 0.438. The lowest BCUT2D eigenvalue weighted by Gasteiger charge is -2.06. The van der Waals surface area contributed by atoms with Crippen LogP contribution in [0.2, 0.25) is 0 Å². The van der Waals surface area contributed by atoms with E-state index in [9.17, 15) is 4.79 Å². The van der Waals surface area contributed by atoms with Crippen LogP contribution in [0.25, 0.3) is 5.57 Å². The monoisotopic (exact) mass is 226 g/mol. The number of carbonyl (C=O) groups excluding carboxylic acids is 1. The number of hydrogen-bond acceptors (Lipinski definition) is 2. The molecule has 1 aromatic carbocycles. The molecule has 0 N–H and O–H groups in total. The molecule has 1 unspecified atom stereocenters. The molecular formula is C15H14O2. The third kappa shape index (κ3) is 2.43. The standard InChI is InChI=1S/C15H14O2/c1-3-5-11(4-2)12-6-7-13(9-16)14(8-12)15-10-17-15/h3-9,15H,1-2,10H2/b11-5+. The summed E-state index contributed by atoms with van der Waals surface area (Å²) < 4.78 is 5.24. The van der Waals surface area contributed by atoms with Crippen molar-refractivity contribution < 1.29 is 9.53 Å². The summed E-state index contributed by atoms with van der Waals surface area (Å²) in [6.45, 7) is 8.14. The minimum Gasteiger partial charge on any atom is -0.368 e. The summed E-state index contributed by atoms with van der Waals surface area (Å²) in [5, 5.41) is 0. The van der Waals surface area contributed by atoms with Gasteiger partial charge in [0.2, 0.25) is 0 Å². The molecule has 0 radical (unpaired) electrons. The molecule has 2 nitrogen and oxygen atoms in total. The van der Waals surface area contributed by atoms with Crippen molar-refractivity contribution in [1.29, 1.82) is 0 Å². The molecule has 1 saturated heterocycles. The average Bonchev–Trinajstić information content (AvgIpc) is 3.19. The summed E-state index contributed by atoms with van der Waals surface area (Å²) >= 11 is 0. The van der Waals surface area contributed by atoms with E-state index >= 15 is 0 Å². The lowest BCUT2D eigenvalue weighted by Crippen LogP contribution is -1.93. The first-order chi connectivity index (χ1) is 8.30. The van der Waals surface area contributed by atoms with Crippen molar-refractivity contribution in [2.75, 3.05) is 6.61 Å². The van der Waals surface area contributed by atoms with Gasteiger partial charge in [-0.1, -0.05) is 43.5 Å². The molecule has 0 amide bonds. The highest BCUT2D eigenvalue weighted by Gasteiger charge is 2.27. The second kappa shape index (κ2) is 4.93. The maximum absolute atomic E-state index is 10.9. The van der Waals surface area contributed by atoms with Gasteiger partial charge in [0.1, 0.15) is 12.4 Å². The summed E-state index contributed by atoms with van der Waals surface area (Å²) in [4.78, 5) is 10.9. The van der Waals surface area contributed by atoms with Crippen LogP contribution in [0.1, 0.15) is 27.6 Å². The fraction of sp³-hybridized carbons (Fsp3) is 0.133. The molecule has 1 aromatic rings. The van der Waals surface area contributed by atoms with E-state index in [1.54, 1.807) is 12.2 Å². The lowest BCUT2D eigenvalue weighted by atomic mass is 9.97. The Kier molecular flexibility index (Phi) is 3.35. The van der Waals surface area contributed by atoms with Crippen LogP contribution in [0, 0.1) is 0 Å². The molecule has 0 aromatic heterocycles. The fourth-order valence-electron chi connectivity index (χ4n) is 1.78. The van der Waals surface area contributed by atoms with Crippen LogP contribution < -0.4 is 0 Å². The van der Waals surface area contributed by atoms with Gasteiger partial charge in [-0.2, -0.15) is 0 Å². The number of rotatable bonds is 5. The smallest absolute Gasteiger partial charge is 0.150 e. The van der Waals surface area contributed by atoms with E-state index in [-0.39, 0.29) is 6.10 Å². The van der Waals surface area contributed by atoms with E-state index in [2.05, 4.69) is 13.2 Å². The van der Waals surface area contributed by atoms with Crippen molar-refractivity contribution in [1.82, 2.24) is 0 Å². The van der Waals surface area contributed by atoms with Crippen molar-refractivity contribution in [3.63, 3.8) is 0 Å². The third-order valence-electron chi connectivity index (χ3n) is 2.74. The zero-order valence-electron chi connectivity index (χ0n) is 9.56. The average molecular weight is 226 g/mol. The van der Waals surface area contributed by atoms with Gasteiger partial charge in [0, 0.05) is 5.56 Å². The highest BCUT2D eigenvalue weighted by Crippen LogP contribution is 2.33. The van der Waals surface area contributed by atoms with Crippen molar-refractivity contribution in [2.24, 2.45) is 0 Å². The van der Waals surface area contributed by atoms with Crippen LogP contribution in [0.5, 0.6) is 0 Å². The SMILES string of the molecule is C=C/C=C(\C=C)c1ccc(C=O)c(C2CO2)c1. The van der Waals surface area contributed by atoms with Crippen LogP contribution in [0.15, 0.2) is 49.6 Å². The Morgan fingerprint density at radius 1 is 1.41 bits per heavy atom. The maximum atomic E-state index is 10.9. The van der Waals surface area contributed by atoms with Gasteiger partial charge >= 0.3 is 0 Å². The minimum absolute atomic E-state index is 0.0740. The van der Waals surface area contributed by atoms with Crippen LogP contribution in [-0.4, -0.2) is 12.9 Å². The minimum atomic E-state index is 0.0740. The van der Waals surface area contributed by atoms with Gasteiger partial charge in [-0.15, -0.1) is 0 Å². The number of epoxide rings is 1. The molecule has 1 fully saturated rings. The van der Waals surface area contributed by atoms with Gasteiger partial charge in [-0.25, -0.2) is 0 Å². The zero-order chi connectivity index (χ0) is 12.3. The predicted octanol–water partition coefficient (Wildman–Crippen LogP) is 3.33. The number of hydrogen-bond donors (Lipinski definition) is 0. The summed E-state index contributed by atoms with van der Waals surface area (Å²) in [5.41, 5.74) is 3.66. The molecule has 0 saturated carbocycles. The molecule has 2 heteroatoms. The van der Waals surface area contributed by atoms with Gasteiger partial charge in [0.05, 0.1) is 6.61 Å². The zero-order valence-corrected chi connectivity index (χ0v) is 9.56. The number of aldehydes is 1. The molecule has 0 spiro atoms.